The van der Waals surface area contributed by atoms with Gasteiger partial charge in [-0.15, -0.1) is 6.42 Å². The summed E-state index contributed by atoms with van der Waals surface area (Å²) >= 11 is 0. The first-order valence-corrected chi connectivity index (χ1v) is 0.958. The molecule has 0 saturated heterocycles. The molecule has 0 saturated carbocycles. The Morgan fingerprint density at radius 1 is 2.00 bits per heavy atom. The number of hydrogen-bond acceptors (Lipinski definition) is 1. The molecule has 0 bridgehead atoms. The van der Waals surface area contributed by atoms with Crippen LogP contribution in [0.2, 0.25) is 0 Å². The molecule has 0 fully saturated rings. The first kappa shape index (κ1) is 3.52. The van der Waals surface area contributed by atoms with Crippen molar-refractivity contribution in [3.63, 3.8) is 0 Å². The molecule has 1 nitrogen and oxygen atoms in total. The SMILES string of the molecule is C#C[13CH2]O. The number of rotatable bonds is 0. The summed E-state index contributed by atoms with van der Waals surface area (Å²) < 4.78 is 0. The molecular weight excluding hydrogens is 53.0 g/mol. The molecule has 0 aliphatic rings. The van der Waals surface area contributed by atoms with Gasteiger partial charge >= 0.3 is 0 Å². The van der Waals surface area contributed by atoms with Crippen molar-refractivity contribution in [3.05, 3.63) is 0 Å². The molecular formula is C3H4O. The fourth-order valence-electron chi connectivity index (χ4n) is 0. The Kier molecular flexibility index (Phi) is 2.22. The molecule has 0 heterocycles. The summed E-state index contributed by atoms with van der Waals surface area (Å²) in [4.78, 5) is 0. The second-order valence-electron chi connectivity index (χ2n) is 0.362. The number of terminal acetylenes is 1. The highest BCUT2D eigenvalue weighted by Crippen LogP contribution is 1.34. The monoisotopic (exact) mass is 57.0 g/mol. The smallest absolute Gasteiger partial charge is 0.103 e. The maximum absolute atomic E-state index is 7.64. The molecule has 0 atom stereocenters. The average molecular weight is 57.1 g/mol. The van der Waals surface area contributed by atoms with Gasteiger partial charge in [0.25, 0.3) is 0 Å². The largest absolute Gasteiger partial charge is 0.384 e. The lowest BCUT2D eigenvalue weighted by Gasteiger charge is -1.55. The maximum atomic E-state index is 7.64. The van der Waals surface area contributed by atoms with E-state index >= 15 is 0 Å². The third kappa shape index (κ3) is 1.52. The Morgan fingerprint density at radius 2 is 2.25 bits per heavy atom. The molecule has 0 amide bonds. The minimum Gasteiger partial charge on any atom is -0.384 e. The lowest BCUT2D eigenvalue weighted by Crippen LogP contribution is -1.64. The zero-order valence-electron chi connectivity index (χ0n) is 2.23. The summed E-state index contributed by atoms with van der Waals surface area (Å²) in [6, 6.07) is 0. The van der Waals surface area contributed by atoms with Crippen LogP contribution in [0.3, 0.4) is 0 Å². The lowest BCUT2D eigenvalue weighted by atomic mass is 11.1. The third-order valence-corrected chi connectivity index (χ3v) is 0.0913. The summed E-state index contributed by atoms with van der Waals surface area (Å²) in [6.07, 6.45) is 4.53. The fraction of sp³-hybridized carbons (Fsp3) is 0.333. The van der Waals surface area contributed by atoms with E-state index < -0.39 is 0 Å². The van der Waals surface area contributed by atoms with Crippen molar-refractivity contribution in [1.29, 1.82) is 0 Å². The Labute approximate surface area is 25.3 Å². The molecule has 0 aliphatic carbocycles. The highest BCUT2D eigenvalue weighted by Gasteiger charge is 1.43. The number of aliphatic hydroxyl groups excluding tert-OH is 1. The van der Waals surface area contributed by atoms with Crippen molar-refractivity contribution in [2.24, 2.45) is 0 Å². The van der Waals surface area contributed by atoms with E-state index in [2.05, 4.69) is 6.42 Å². The molecule has 0 aliphatic heterocycles. The van der Waals surface area contributed by atoms with Gasteiger partial charge in [-0.25, -0.2) is 0 Å². The van der Waals surface area contributed by atoms with Crippen LogP contribution in [-0.2, 0) is 0 Å². The predicted octanol–water partition coefficient (Wildman–Crippen LogP) is -0.388. The van der Waals surface area contributed by atoms with Crippen LogP contribution in [-0.4, -0.2) is 11.7 Å². The molecule has 0 aromatic heterocycles. The van der Waals surface area contributed by atoms with Crippen molar-refractivity contribution < 1.29 is 5.11 Å². The lowest BCUT2D eigenvalue weighted by molar-refractivity contribution is 0.351. The van der Waals surface area contributed by atoms with Crippen LogP contribution in [0.5, 0.6) is 0 Å². The summed E-state index contributed by atoms with van der Waals surface area (Å²) in [6.45, 7) is -0.153. The second-order valence-corrected chi connectivity index (χ2v) is 0.362. The van der Waals surface area contributed by atoms with E-state index in [9.17, 15) is 0 Å². The van der Waals surface area contributed by atoms with E-state index in [0.29, 0.717) is 0 Å². The number of hydrogen-bond donors (Lipinski definition) is 1. The second kappa shape index (κ2) is 2.52. The quantitative estimate of drug-likeness (QED) is 0.296. The Balaban J connectivity index is 2.43. The summed E-state index contributed by atoms with van der Waals surface area (Å²) in [7, 11) is 0. The highest BCUT2D eigenvalue weighted by molar-refractivity contribution is 4.81. The van der Waals surface area contributed by atoms with E-state index in [1.807, 2.05) is 5.92 Å². The zero-order valence-corrected chi connectivity index (χ0v) is 2.23. The van der Waals surface area contributed by atoms with Crippen LogP contribution in [0.15, 0.2) is 0 Å². The number of aliphatic hydroxyl groups is 1. The molecule has 0 radical (unpaired) electrons. The standard InChI is InChI=1S/C3H4O/c1-2-3-4/h1,4H,3H2/i3+1. The van der Waals surface area contributed by atoms with Gasteiger partial charge in [0.2, 0.25) is 0 Å². The molecule has 22 valence electrons. The topological polar surface area (TPSA) is 20.2 Å². The molecule has 0 spiro atoms. The summed E-state index contributed by atoms with van der Waals surface area (Å²) in [5.41, 5.74) is 0. The van der Waals surface area contributed by atoms with Gasteiger partial charge in [-0.1, -0.05) is 5.92 Å². The minimum absolute atomic E-state index is 0.153. The van der Waals surface area contributed by atoms with Crippen molar-refractivity contribution in [3.8, 4) is 12.3 Å². The van der Waals surface area contributed by atoms with Crippen molar-refractivity contribution in [2.75, 3.05) is 6.61 Å². The molecule has 4 heavy (non-hydrogen) atoms. The molecule has 0 aromatic carbocycles. The van der Waals surface area contributed by atoms with Crippen LogP contribution in [0.25, 0.3) is 0 Å². The van der Waals surface area contributed by atoms with Crippen LogP contribution >= 0.6 is 0 Å². The van der Waals surface area contributed by atoms with E-state index in [0.717, 1.165) is 0 Å². The van der Waals surface area contributed by atoms with Crippen LogP contribution in [0.1, 0.15) is 0 Å². The Hall–Kier alpha value is -0.480. The van der Waals surface area contributed by atoms with Crippen molar-refractivity contribution >= 4 is 0 Å². The van der Waals surface area contributed by atoms with Crippen molar-refractivity contribution in [1.82, 2.24) is 0 Å². The van der Waals surface area contributed by atoms with E-state index in [4.69, 9.17) is 5.11 Å². The minimum atomic E-state index is -0.153. The summed E-state index contributed by atoms with van der Waals surface area (Å²) in [5, 5.41) is 7.64. The predicted molar refractivity (Wildman–Crippen MR) is 15.9 cm³/mol. The van der Waals surface area contributed by atoms with E-state index in [-0.39, 0.29) is 6.61 Å². The molecule has 0 rings (SSSR count). The maximum Gasteiger partial charge on any atom is 0.103 e. The van der Waals surface area contributed by atoms with Gasteiger partial charge in [-0.2, -0.15) is 0 Å². The molecule has 1 N–H and O–H groups in total. The normalized spacial score (nSPS) is 5.00. The van der Waals surface area contributed by atoms with Gasteiger partial charge in [0.15, 0.2) is 0 Å². The highest BCUT2D eigenvalue weighted by atomic mass is 16.3. The summed E-state index contributed by atoms with van der Waals surface area (Å²) in [5.74, 6) is 1.99. The first-order valence-electron chi connectivity index (χ1n) is 0.958. The van der Waals surface area contributed by atoms with Gasteiger partial charge in [0.05, 0.1) is 0 Å². The van der Waals surface area contributed by atoms with Gasteiger partial charge in [0, 0.05) is 0 Å². The first-order chi connectivity index (χ1) is 1.91. The van der Waals surface area contributed by atoms with Crippen LogP contribution in [0, 0.1) is 12.3 Å². The van der Waals surface area contributed by atoms with E-state index in [1.54, 1.807) is 0 Å². The Morgan fingerprint density at radius 3 is 2.25 bits per heavy atom. The van der Waals surface area contributed by atoms with E-state index in [1.165, 1.54) is 0 Å². The van der Waals surface area contributed by atoms with Gasteiger partial charge in [0.1, 0.15) is 6.61 Å². The zero-order chi connectivity index (χ0) is 3.41. The average Bonchev–Trinajstić information content (AvgIpc) is 1.37. The van der Waals surface area contributed by atoms with Crippen LogP contribution < -0.4 is 0 Å². The molecule has 0 unspecified atom stereocenters. The van der Waals surface area contributed by atoms with Crippen molar-refractivity contribution in [2.45, 2.75) is 0 Å². The molecule has 0 aromatic rings. The Bertz CT molecular complexity index is 33.0. The fourth-order valence-corrected chi connectivity index (χ4v) is 0. The van der Waals surface area contributed by atoms with Gasteiger partial charge < -0.3 is 5.11 Å². The van der Waals surface area contributed by atoms with Gasteiger partial charge in [-0.3, -0.25) is 0 Å². The van der Waals surface area contributed by atoms with Crippen LogP contribution in [0.4, 0.5) is 0 Å². The third-order valence-electron chi connectivity index (χ3n) is 0.0913. The van der Waals surface area contributed by atoms with Gasteiger partial charge in [-0.05, 0) is 0 Å². The molecule has 1 heteroatoms.